The third-order valence-corrected chi connectivity index (χ3v) is 2.54. The Morgan fingerprint density at radius 2 is 2.00 bits per heavy atom. The highest BCUT2D eigenvalue weighted by Gasteiger charge is 2.14. The molecule has 0 aliphatic heterocycles. The molecule has 0 bridgehead atoms. The molecule has 19 heavy (non-hydrogen) atoms. The number of hydrogen-bond acceptors (Lipinski definition) is 2. The van der Waals surface area contributed by atoms with Crippen molar-refractivity contribution < 1.29 is 14.3 Å². The van der Waals surface area contributed by atoms with Gasteiger partial charge in [-0.15, -0.1) is 6.42 Å². The maximum atomic E-state index is 13.7. The van der Waals surface area contributed by atoms with Crippen molar-refractivity contribution in [1.82, 2.24) is 0 Å². The third-order valence-electron chi connectivity index (χ3n) is 2.54. The number of carbonyl (C=O) groups is 1. The molecule has 2 aromatic carbocycles. The van der Waals surface area contributed by atoms with Crippen LogP contribution in [0.4, 0.5) is 15.8 Å². The first-order chi connectivity index (χ1) is 9.11. The first-order valence-corrected chi connectivity index (χ1v) is 5.47. The zero-order chi connectivity index (χ0) is 13.8. The zero-order valence-corrected chi connectivity index (χ0v) is 9.85. The second-order valence-electron chi connectivity index (χ2n) is 3.82. The summed E-state index contributed by atoms with van der Waals surface area (Å²) in [4.78, 5) is 11.0. The van der Waals surface area contributed by atoms with Crippen LogP contribution in [-0.4, -0.2) is 11.1 Å². The second-order valence-corrected chi connectivity index (χ2v) is 3.82. The average Bonchev–Trinajstić information content (AvgIpc) is 2.41. The van der Waals surface area contributed by atoms with E-state index in [2.05, 4.69) is 11.2 Å². The van der Waals surface area contributed by atoms with Gasteiger partial charge in [0.05, 0.1) is 11.3 Å². The highest BCUT2D eigenvalue weighted by molar-refractivity contribution is 5.95. The van der Waals surface area contributed by atoms with Gasteiger partial charge in [-0.1, -0.05) is 18.1 Å². The molecule has 2 N–H and O–H groups in total. The van der Waals surface area contributed by atoms with Crippen LogP contribution in [0.2, 0.25) is 0 Å². The van der Waals surface area contributed by atoms with Crippen molar-refractivity contribution in [2.45, 2.75) is 0 Å². The third kappa shape index (κ3) is 2.72. The summed E-state index contributed by atoms with van der Waals surface area (Å²) >= 11 is 0. The predicted molar refractivity (Wildman–Crippen MR) is 71.0 cm³/mol. The molecule has 0 aromatic heterocycles. The Labute approximate surface area is 109 Å². The lowest BCUT2D eigenvalue weighted by atomic mass is 10.1. The van der Waals surface area contributed by atoms with Crippen LogP contribution in [-0.2, 0) is 0 Å². The largest absolute Gasteiger partial charge is 0.478 e. The zero-order valence-electron chi connectivity index (χ0n) is 9.85. The van der Waals surface area contributed by atoms with Crippen molar-refractivity contribution in [3.63, 3.8) is 0 Å². The van der Waals surface area contributed by atoms with Gasteiger partial charge in [-0.05, 0) is 30.3 Å². The second kappa shape index (κ2) is 5.23. The molecule has 0 amide bonds. The Hall–Kier alpha value is -2.80. The maximum Gasteiger partial charge on any atom is 0.337 e. The first-order valence-electron chi connectivity index (χ1n) is 5.47. The molecule has 4 heteroatoms. The number of terminal acetylenes is 1. The van der Waals surface area contributed by atoms with Crippen LogP contribution in [0.5, 0.6) is 0 Å². The molecule has 0 atom stereocenters. The number of rotatable bonds is 3. The van der Waals surface area contributed by atoms with Gasteiger partial charge in [-0.3, -0.25) is 0 Å². The molecule has 0 fully saturated rings. The minimum absolute atomic E-state index is 0.0795. The molecule has 0 saturated heterocycles. The van der Waals surface area contributed by atoms with Crippen LogP contribution in [0.3, 0.4) is 0 Å². The molecule has 3 nitrogen and oxygen atoms in total. The number of nitrogens with one attached hydrogen (secondary N) is 1. The number of aromatic carboxylic acids is 1. The van der Waals surface area contributed by atoms with Gasteiger partial charge in [0.25, 0.3) is 0 Å². The van der Waals surface area contributed by atoms with Gasteiger partial charge in [0, 0.05) is 11.3 Å². The quantitative estimate of drug-likeness (QED) is 0.828. The van der Waals surface area contributed by atoms with E-state index in [1.54, 1.807) is 24.3 Å². The monoisotopic (exact) mass is 255 g/mol. The molecule has 2 rings (SSSR count). The van der Waals surface area contributed by atoms with Crippen molar-refractivity contribution in [3.8, 4) is 12.3 Å². The van der Waals surface area contributed by atoms with E-state index in [1.807, 2.05) is 0 Å². The Kier molecular flexibility index (Phi) is 3.48. The number of carboxylic acids is 1. The molecule has 0 aliphatic rings. The number of carboxylic acid groups (broad SMARTS) is 1. The van der Waals surface area contributed by atoms with Crippen molar-refractivity contribution in [2.75, 3.05) is 5.32 Å². The molecule has 0 radical (unpaired) electrons. The van der Waals surface area contributed by atoms with E-state index in [4.69, 9.17) is 11.5 Å². The fraction of sp³-hybridized carbons (Fsp3) is 0. The van der Waals surface area contributed by atoms with E-state index in [0.717, 1.165) is 0 Å². The van der Waals surface area contributed by atoms with E-state index in [9.17, 15) is 9.18 Å². The lowest BCUT2D eigenvalue weighted by Crippen LogP contribution is -2.04. The van der Waals surface area contributed by atoms with Gasteiger partial charge >= 0.3 is 5.97 Å². The summed E-state index contributed by atoms with van der Waals surface area (Å²) in [6.45, 7) is 0. The van der Waals surface area contributed by atoms with Crippen molar-refractivity contribution in [1.29, 1.82) is 0 Å². The minimum atomic E-state index is -1.20. The topological polar surface area (TPSA) is 49.3 Å². The maximum absolute atomic E-state index is 13.7. The van der Waals surface area contributed by atoms with Gasteiger partial charge in [-0.2, -0.15) is 0 Å². The molecular weight excluding hydrogens is 245 g/mol. The van der Waals surface area contributed by atoms with Crippen molar-refractivity contribution in [3.05, 3.63) is 59.4 Å². The first kappa shape index (κ1) is 12.7. The molecule has 0 aliphatic carbocycles. The number of anilines is 2. The molecule has 94 valence electrons. The van der Waals surface area contributed by atoms with Crippen LogP contribution in [0, 0.1) is 18.2 Å². The predicted octanol–water partition coefficient (Wildman–Crippen LogP) is 3.25. The fourth-order valence-corrected chi connectivity index (χ4v) is 1.66. The van der Waals surface area contributed by atoms with Crippen LogP contribution in [0.25, 0.3) is 0 Å². The Morgan fingerprint density at radius 3 is 2.68 bits per heavy atom. The van der Waals surface area contributed by atoms with Gasteiger partial charge < -0.3 is 10.4 Å². The summed E-state index contributed by atoms with van der Waals surface area (Å²) in [5.41, 5.74) is 0.941. The summed E-state index contributed by atoms with van der Waals surface area (Å²) in [6, 6.07) is 10.6. The lowest BCUT2D eigenvalue weighted by molar-refractivity contribution is 0.0697. The van der Waals surface area contributed by atoms with E-state index < -0.39 is 11.8 Å². The average molecular weight is 255 g/mol. The van der Waals surface area contributed by atoms with Gasteiger partial charge in [-0.25, -0.2) is 9.18 Å². The van der Waals surface area contributed by atoms with Gasteiger partial charge in [0.15, 0.2) is 0 Å². The van der Waals surface area contributed by atoms with Gasteiger partial charge in [0.1, 0.15) is 5.82 Å². The molecule has 2 aromatic rings. The molecule has 0 spiro atoms. The number of benzene rings is 2. The van der Waals surface area contributed by atoms with Crippen LogP contribution < -0.4 is 5.32 Å². The van der Waals surface area contributed by atoms with Crippen LogP contribution in [0.1, 0.15) is 15.9 Å². The van der Waals surface area contributed by atoms with E-state index >= 15 is 0 Å². The number of para-hydroxylation sites is 1. The highest BCUT2D eigenvalue weighted by Crippen LogP contribution is 2.24. The Balaban J connectivity index is 2.43. The van der Waals surface area contributed by atoms with Gasteiger partial charge in [0.2, 0.25) is 0 Å². The normalized spacial score (nSPS) is 9.68. The summed E-state index contributed by atoms with van der Waals surface area (Å²) in [6.07, 6.45) is 5.27. The smallest absolute Gasteiger partial charge is 0.337 e. The van der Waals surface area contributed by atoms with Crippen molar-refractivity contribution in [2.24, 2.45) is 0 Å². The Morgan fingerprint density at radius 1 is 1.26 bits per heavy atom. The molecule has 0 heterocycles. The lowest BCUT2D eigenvalue weighted by Gasteiger charge is -2.10. The van der Waals surface area contributed by atoms with Crippen molar-refractivity contribution >= 4 is 17.3 Å². The molecule has 0 saturated carbocycles. The molecule has 0 unspecified atom stereocenters. The fourth-order valence-electron chi connectivity index (χ4n) is 1.66. The number of halogens is 1. The van der Waals surface area contributed by atoms with E-state index in [1.165, 1.54) is 18.2 Å². The SMILES string of the molecule is C#Cc1cccc(Nc2c(F)cccc2C(=O)O)c1. The Bertz CT molecular complexity index is 674. The van der Waals surface area contributed by atoms with E-state index in [-0.39, 0.29) is 11.3 Å². The highest BCUT2D eigenvalue weighted by atomic mass is 19.1. The summed E-state index contributed by atoms with van der Waals surface area (Å²) in [5.74, 6) is 0.623. The standard InChI is InChI=1S/C15H10FNO2/c1-2-10-5-3-6-11(9-10)17-14-12(15(18)19)7-4-8-13(14)16/h1,3-9,17H,(H,18,19). The van der Waals surface area contributed by atoms with Crippen LogP contribution in [0.15, 0.2) is 42.5 Å². The summed E-state index contributed by atoms with van der Waals surface area (Å²) in [7, 11) is 0. The summed E-state index contributed by atoms with van der Waals surface area (Å²) < 4.78 is 13.7. The summed E-state index contributed by atoms with van der Waals surface area (Å²) in [5, 5.41) is 11.8. The minimum Gasteiger partial charge on any atom is -0.478 e. The molecular formula is C15H10FNO2. The van der Waals surface area contributed by atoms with E-state index in [0.29, 0.717) is 11.3 Å². The van der Waals surface area contributed by atoms with Crippen LogP contribution >= 0.6 is 0 Å². The number of hydrogen-bond donors (Lipinski definition) is 2.